The molecule has 1 amide bonds. The predicted octanol–water partition coefficient (Wildman–Crippen LogP) is 3.92. The van der Waals surface area contributed by atoms with Crippen molar-refractivity contribution in [1.29, 1.82) is 5.26 Å². The summed E-state index contributed by atoms with van der Waals surface area (Å²) >= 11 is 0. The van der Waals surface area contributed by atoms with E-state index in [0.29, 0.717) is 37.0 Å². The van der Waals surface area contributed by atoms with Crippen LogP contribution in [0.1, 0.15) is 30.5 Å². The summed E-state index contributed by atoms with van der Waals surface area (Å²) in [5.41, 5.74) is 0.568. The summed E-state index contributed by atoms with van der Waals surface area (Å²) < 4.78 is 48.3. The van der Waals surface area contributed by atoms with Crippen molar-refractivity contribution in [2.45, 2.75) is 25.4 Å². The van der Waals surface area contributed by atoms with Gasteiger partial charge in [-0.3, -0.25) is 4.79 Å². The molecule has 1 aliphatic heterocycles. The fraction of sp³-hybridized carbons (Fsp3) is 0.364. The van der Waals surface area contributed by atoms with Gasteiger partial charge >= 0.3 is 6.18 Å². The second-order valence-corrected chi connectivity index (χ2v) is 7.59. The number of carbonyl (C=O) groups excluding carboxylic acids is 1. The summed E-state index contributed by atoms with van der Waals surface area (Å²) in [6, 6.07) is 7.28. The molecular weight excluding hydrogens is 423 g/mol. The summed E-state index contributed by atoms with van der Waals surface area (Å²) in [6.45, 7) is 1.20. The van der Waals surface area contributed by atoms with Gasteiger partial charge in [-0.05, 0) is 37.1 Å². The number of fused-ring (bicyclic) bond motifs is 1. The van der Waals surface area contributed by atoms with Crippen LogP contribution in [0, 0.1) is 11.3 Å². The second kappa shape index (κ2) is 8.49. The minimum atomic E-state index is -4.63. The van der Waals surface area contributed by atoms with E-state index in [4.69, 9.17) is 4.74 Å². The Hall–Kier alpha value is -3.61. The third-order valence-electron chi connectivity index (χ3n) is 5.40. The van der Waals surface area contributed by atoms with Crippen molar-refractivity contribution in [3.63, 3.8) is 0 Å². The Balaban J connectivity index is 1.59. The van der Waals surface area contributed by atoms with E-state index in [2.05, 4.69) is 9.97 Å². The van der Waals surface area contributed by atoms with Crippen LogP contribution >= 0.6 is 0 Å². The molecule has 0 bridgehead atoms. The molecule has 0 aliphatic carbocycles. The number of rotatable bonds is 6. The van der Waals surface area contributed by atoms with Crippen LogP contribution in [0.3, 0.4) is 0 Å². The molecule has 1 aliphatic rings. The lowest BCUT2D eigenvalue weighted by molar-refractivity contribution is -0.138. The largest absolute Gasteiger partial charge is 0.493 e. The molecule has 0 unspecified atom stereocenters. The Morgan fingerprint density at radius 2 is 2.09 bits per heavy atom. The minimum Gasteiger partial charge on any atom is -0.493 e. The number of benzene rings is 1. The molecule has 3 heterocycles. The number of nitriles is 1. The van der Waals surface area contributed by atoms with Crippen LogP contribution in [0.2, 0.25) is 0 Å². The Morgan fingerprint density at radius 1 is 1.28 bits per heavy atom. The standard InChI is InChI=1S/C22H20F3N5O2/c1-29-13-27-21-17(12-26)28-16(11-18(21)29)14-5-6-19(15(10-14)22(23,24)25)32-9-3-8-30-7-2-4-20(30)31/h5-6,10-11,13H,2-4,7-9H2,1H3. The molecule has 1 aromatic carbocycles. The number of aryl methyl sites for hydroxylation is 1. The van der Waals surface area contributed by atoms with Gasteiger partial charge in [0, 0.05) is 32.1 Å². The van der Waals surface area contributed by atoms with Crippen LogP contribution in [0.25, 0.3) is 22.3 Å². The van der Waals surface area contributed by atoms with E-state index < -0.39 is 11.7 Å². The monoisotopic (exact) mass is 443 g/mol. The molecule has 1 fully saturated rings. The summed E-state index contributed by atoms with van der Waals surface area (Å²) in [7, 11) is 1.73. The van der Waals surface area contributed by atoms with Gasteiger partial charge < -0.3 is 14.2 Å². The van der Waals surface area contributed by atoms with Crippen molar-refractivity contribution in [3.8, 4) is 23.1 Å². The topological polar surface area (TPSA) is 84.0 Å². The van der Waals surface area contributed by atoms with Crippen molar-refractivity contribution in [1.82, 2.24) is 19.4 Å². The molecular formula is C22H20F3N5O2. The van der Waals surface area contributed by atoms with E-state index in [9.17, 15) is 23.2 Å². The molecule has 10 heteroatoms. The highest BCUT2D eigenvalue weighted by Gasteiger charge is 2.35. The predicted molar refractivity (Wildman–Crippen MR) is 110 cm³/mol. The molecule has 4 rings (SSSR count). The van der Waals surface area contributed by atoms with Crippen molar-refractivity contribution in [2.24, 2.45) is 7.05 Å². The van der Waals surface area contributed by atoms with E-state index in [1.807, 2.05) is 6.07 Å². The first kappa shape index (κ1) is 21.6. The van der Waals surface area contributed by atoms with Crippen molar-refractivity contribution in [3.05, 3.63) is 41.9 Å². The number of carbonyl (C=O) groups is 1. The van der Waals surface area contributed by atoms with Crippen LogP contribution in [-0.4, -0.2) is 45.0 Å². The minimum absolute atomic E-state index is 0.0449. The molecule has 0 N–H and O–H groups in total. The normalized spacial score (nSPS) is 14.2. The molecule has 0 saturated carbocycles. The van der Waals surface area contributed by atoms with E-state index >= 15 is 0 Å². The van der Waals surface area contributed by atoms with E-state index in [0.717, 1.165) is 12.5 Å². The number of ether oxygens (including phenoxy) is 1. The first-order valence-corrected chi connectivity index (χ1v) is 10.1. The van der Waals surface area contributed by atoms with E-state index in [1.165, 1.54) is 18.5 Å². The third kappa shape index (κ3) is 4.23. The lowest BCUT2D eigenvalue weighted by atomic mass is 10.1. The second-order valence-electron chi connectivity index (χ2n) is 7.59. The Morgan fingerprint density at radius 3 is 2.78 bits per heavy atom. The molecule has 32 heavy (non-hydrogen) atoms. The van der Waals surface area contributed by atoms with Gasteiger partial charge in [-0.1, -0.05) is 0 Å². The maximum atomic E-state index is 13.7. The van der Waals surface area contributed by atoms with Crippen LogP contribution in [0.15, 0.2) is 30.6 Å². The Bertz CT molecular complexity index is 1210. The van der Waals surface area contributed by atoms with Crippen LogP contribution < -0.4 is 4.74 Å². The summed E-state index contributed by atoms with van der Waals surface area (Å²) in [5, 5.41) is 9.37. The van der Waals surface area contributed by atoms with Gasteiger partial charge in [0.2, 0.25) is 5.91 Å². The lowest BCUT2D eigenvalue weighted by Gasteiger charge is -2.18. The van der Waals surface area contributed by atoms with E-state index in [1.54, 1.807) is 22.6 Å². The summed E-state index contributed by atoms with van der Waals surface area (Å²) in [4.78, 5) is 21.7. The molecule has 0 radical (unpaired) electrons. The fourth-order valence-corrected chi connectivity index (χ4v) is 3.77. The molecule has 7 nitrogen and oxygen atoms in total. The van der Waals surface area contributed by atoms with Gasteiger partial charge in [-0.2, -0.15) is 18.4 Å². The molecule has 3 aromatic rings. The number of alkyl halides is 3. The highest BCUT2D eigenvalue weighted by molar-refractivity contribution is 5.84. The summed E-state index contributed by atoms with van der Waals surface area (Å²) in [6.07, 6.45) is -1.34. The van der Waals surface area contributed by atoms with Gasteiger partial charge in [0.05, 0.1) is 29.7 Å². The maximum absolute atomic E-state index is 13.7. The van der Waals surface area contributed by atoms with Crippen molar-refractivity contribution >= 4 is 16.9 Å². The van der Waals surface area contributed by atoms with Gasteiger partial charge in [0.25, 0.3) is 0 Å². The number of likely N-dealkylation sites (tertiary alicyclic amines) is 1. The highest BCUT2D eigenvalue weighted by atomic mass is 19.4. The van der Waals surface area contributed by atoms with Crippen molar-refractivity contribution < 1.29 is 22.7 Å². The number of halogens is 3. The maximum Gasteiger partial charge on any atom is 0.419 e. The Labute approximate surface area is 182 Å². The smallest absolute Gasteiger partial charge is 0.419 e. The zero-order valence-corrected chi connectivity index (χ0v) is 17.3. The molecule has 0 atom stereocenters. The number of pyridine rings is 1. The summed E-state index contributed by atoms with van der Waals surface area (Å²) in [5.74, 6) is -0.212. The van der Waals surface area contributed by atoms with Gasteiger partial charge in [-0.25, -0.2) is 9.97 Å². The first-order chi connectivity index (χ1) is 15.3. The number of amides is 1. The zero-order valence-electron chi connectivity index (χ0n) is 17.3. The SMILES string of the molecule is Cn1cnc2c(C#N)nc(-c3ccc(OCCCN4CCCC4=O)c(C(F)(F)F)c3)cc21. The molecule has 0 spiro atoms. The number of aromatic nitrogens is 3. The van der Waals surface area contributed by atoms with Gasteiger partial charge in [-0.15, -0.1) is 0 Å². The number of hydrogen-bond donors (Lipinski definition) is 0. The van der Waals surface area contributed by atoms with Crippen LogP contribution in [0.5, 0.6) is 5.75 Å². The number of imidazole rings is 1. The van der Waals surface area contributed by atoms with Crippen LogP contribution in [0.4, 0.5) is 13.2 Å². The average Bonchev–Trinajstić information content (AvgIpc) is 3.35. The van der Waals surface area contributed by atoms with Crippen LogP contribution in [-0.2, 0) is 18.0 Å². The molecule has 166 valence electrons. The average molecular weight is 443 g/mol. The number of nitrogens with zero attached hydrogens (tertiary/aromatic N) is 5. The Kier molecular flexibility index (Phi) is 5.74. The third-order valence-corrected chi connectivity index (χ3v) is 5.40. The molecule has 2 aromatic heterocycles. The van der Waals surface area contributed by atoms with Crippen molar-refractivity contribution in [2.75, 3.05) is 19.7 Å². The van der Waals surface area contributed by atoms with E-state index in [-0.39, 0.29) is 35.2 Å². The number of hydrogen-bond acceptors (Lipinski definition) is 5. The lowest BCUT2D eigenvalue weighted by Crippen LogP contribution is -2.26. The fourth-order valence-electron chi connectivity index (χ4n) is 3.77. The highest BCUT2D eigenvalue weighted by Crippen LogP contribution is 2.39. The zero-order chi connectivity index (χ0) is 22.9. The molecule has 1 saturated heterocycles. The van der Waals surface area contributed by atoms with Gasteiger partial charge in [0.15, 0.2) is 5.69 Å². The first-order valence-electron chi connectivity index (χ1n) is 10.1. The van der Waals surface area contributed by atoms with Gasteiger partial charge in [0.1, 0.15) is 17.3 Å². The quantitative estimate of drug-likeness (QED) is 0.540.